The molecular weight excluding hydrogens is 258 g/mol. The van der Waals surface area contributed by atoms with E-state index in [1.54, 1.807) is 21.1 Å². The molecule has 0 amide bonds. The van der Waals surface area contributed by atoms with Crippen molar-refractivity contribution in [1.82, 2.24) is 5.32 Å². The molecule has 0 aromatic heterocycles. The summed E-state index contributed by atoms with van der Waals surface area (Å²) in [7, 11) is 3.20. The van der Waals surface area contributed by atoms with Crippen LogP contribution in [0.15, 0.2) is 18.2 Å². The molecule has 20 heavy (non-hydrogen) atoms. The van der Waals surface area contributed by atoms with Crippen molar-refractivity contribution in [2.45, 2.75) is 31.8 Å². The Morgan fingerprint density at radius 3 is 2.20 bits per heavy atom. The van der Waals surface area contributed by atoms with Gasteiger partial charge in [0.05, 0.1) is 33.0 Å². The van der Waals surface area contributed by atoms with Crippen molar-refractivity contribution in [3.05, 3.63) is 23.8 Å². The minimum absolute atomic E-state index is 0.0131. The van der Waals surface area contributed by atoms with Gasteiger partial charge in [-0.3, -0.25) is 0 Å². The molecule has 1 rings (SSSR count). The van der Waals surface area contributed by atoms with Crippen molar-refractivity contribution in [2.24, 2.45) is 0 Å². The molecule has 0 saturated heterocycles. The Morgan fingerprint density at radius 2 is 1.75 bits per heavy atom. The van der Waals surface area contributed by atoms with Gasteiger partial charge in [0.2, 0.25) is 0 Å². The van der Waals surface area contributed by atoms with E-state index < -0.39 is 5.54 Å². The molecule has 0 heterocycles. The van der Waals surface area contributed by atoms with Gasteiger partial charge in [0.25, 0.3) is 0 Å². The number of ether oxygens (including phenoxy) is 2. The molecule has 0 aliphatic carbocycles. The van der Waals surface area contributed by atoms with Crippen LogP contribution in [0.25, 0.3) is 0 Å². The summed E-state index contributed by atoms with van der Waals surface area (Å²) in [6.45, 7) is 3.57. The molecule has 5 heteroatoms. The molecule has 5 nitrogen and oxygen atoms in total. The minimum atomic E-state index is -0.714. The highest BCUT2D eigenvalue weighted by atomic mass is 16.5. The number of benzene rings is 1. The van der Waals surface area contributed by atoms with E-state index >= 15 is 0 Å². The Balaban J connectivity index is 3.00. The van der Waals surface area contributed by atoms with Crippen molar-refractivity contribution in [1.29, 1.82) is 0 Å². The van der Waals surface area contributed by atoms with E-state index in [9.17, 15) is 10.2 Å². The molecule has 3 N–H and O–H groups in total. The second-order valence-electron chi connectivity index (χ2n) is 5.10. The molecule has 0 spiro atoms. The Kier molecular flexibility index (Phi) is 6.26. The molecule has 0 bridgehead atoms. The molecular formula is C15H25NO4. The molecule has 1 aromatic rings. The first-order valence-electron chi connectivity index (χ1n) is 6.75. The molecule has 1 aromatic carbocycles. The zero-order valence-corrected chi connectivity index (χ0v) is 12.6. The van der Waals surface area contributed by atoms with E-state index in [-0.39, 0.29) is 19.3 Å². The first kappa shape index (κ1) is 16.8. The summed E-state index contributed by atoms with van der Waals surface area (Å²) in [5.41, 5.74) is 0.312. The second kappa shape index (κ2) is 7.47. The number of aliphatic hydroxyl groups is 2. The van der Waals surface area contributed by atoms with Crippen LogP contribution in [0.1, 0.15) is 31.9 Å². The fourth-order valence-electron chi connectivity index (χ4n) is 2.05. The minimum Gasteiger partial charge on any atom is -0.493 e. The molecule has 0 saturated carbocycles. The van der Waals surface area contributed by atoms with Crippen molar-refractivity contribution in [2.75, 3.05) is 27.4 Å². The highest BCUT2D eigenvalue weighted by Gasteiger charge is 2.26. The zero-order chi connectivity index (χ0) is 15.2. The molecule has 0 radical (unpaired) electrons. The summed E-state index contributed by atoms with van der Waals surface area (Å²) in [4.78, 5) is 0. The summed E-state index contributed by atoms with van der Waals surface area (Å²) in [6, 6.07) is 5.74. The van der Waals surface area contributed by atoms with E-state index in [0.717, 1.165) is 12.0 Å². The van der Waals surface area contributed by atoms with Gasteiger partial charge in [-0.05, 0) is 31.0 Å². The monoisotopic (exact) mass is 283 g/mol. The van der Waals surface area contributed by atoms with E-state index in [1.165, 1.54) is 0 Å². The number of methoxy groups -OCH3 is 2. The average Bonchev–Trinajstić information content (AvgIpc) is 2.51. The Labute approximate surface area is 120 Å². The number of rotatable bonds is 8. The van der Waals surface area contributed by atoms with E-state index in [4.69, 9.17) is 9.47 Å². The fraction of sp³-hybridized carbons (Fsp3) is 0.600. The third kappa shape index (κ3) is 3.85. The first-order valence-corrected chi connectivity index (χ1v) is 6.75. The van der Waals surface area contributed by atoms with Crippen molar-refractivity contribution in [3.8, 4) is 11.5 Å². The van der Waals surface area contributed by atoms with Gasteiger partial charge in [0.15, 0.2) is 11.5 Å². The van der Waals surface area contributed by atoms with Crippen LogP contribution in [0.4, 0.5) is 0 Å². The molecule has 1 unspecified atom stereocenters. The van der Waals surface area contributed by atoms with E-state index in [1.807, 2.05) is 25.1 Å². The molecule has 114 valence electrons. The van der Waals surface area contributed by atoms with Crippen LogP contribution in [-0.4, -0.2) is 43.2 Å². The van der Waals surface area contributed by atoms with Gasteiger partial charge in [0, 0.05) is 6.04 Å². The van der Waals surface area contributed by atoms with Gasteiger partial charge in [-0.2, -0.15) is 0 Å². The quantitative estimate of drug-likeness (QED) is 0.674. The normalized spacial score (nSPS) is 13.1. The highest BCUT2D eigenvalue weighted by Crippen LogP contribution is 2.31. The van der Waals surface area contributed by atoms with Gasteiger partial charge in [-0.25, -0.2) is 0 Å². The van der Waals surface area contributed by atoms with Crippen LogP contribution in [-0.2, 0) is 0 Å². The van der Waals surface area contributed by atoms with Crippen LogP contribution in [0.5, 0.6) is 11.5 Å². The topological polar surface area (TPSA) is 71.0 Å². The smallest absolute Gasteiger partial charge is 0.161 e. The summed E-state index contributed by atoms with van der Waals surface area (Å²) in [6.07, 6.45) is 0.824. The lowest BCUT2D eigenvalue weighted by molar-refractivity contribution is 0.0932. The number of aliphatic hydroxyl groups excluding tert-OH is 2. The van der Waals surface area contributed by atoms with Crippen LogP contribution >= 0.6 is 0 Å². The maximum absolute atomic E-state index is 9.39. The van der Waals surface area contributed by atoms with Crippen LogP contribution in [0, 0.1) is 0 Å². The Bertz CT molecular complexity index is 418. The maximum Gasteiger partial charge on any atom is 0.161 e. The van der Waals surface area contributed by atoms with Gasteiger partial charge >= 0.3 is 0 Å². The average molecular weight is 283 g/mol. The summed E-state index contributed by atoms with van der Waals surface area (Å²) in [5.74, 6) is 1.35. The molecule has 0 fully saturated rings. The maximum atomic E-state index is 9.39. The highest BCUT2D eigenvalue weighted by molar-refractivity contribution is 5.43. The number of hydrogen-bond donors (Lipinski definition) is 3. The predicted molar refractivity (Wildman–Crippen MR) is 78.3 cm³/mol. The third-order valence-corrected chi connectivity index (χ3v) is 3.44. The fourth-order valence-corrected chi connectivity index (χ4v) is 2.05. The predicted octanol–water partition coefficient (Wildman–Crippen LogP) is 1.49. The second-order valence-corrected chi connectivity index (χ2v) is 5.10. The largest absolute Gasteiger partial charge is 0.493 e. The lowest BCUT2D eigenvalue weighted by Crippen LogP contribution is -2.50. The van der Waals surface area contributed by atoms with E-state index in [0.29, 0.717) is 11.5 Å². The third-order valence-electron chi connectivity index (χ3n) is 3.44. The lowest BCUT2D eigenvalue weighted by atomic mass is 9.98. The standard InChI is InChI=1S/C15H25NO4/c1-5-12(16-15(2,9-17)10-18)11-6-7-13(19-3)14(8-11)20-4/h6-8,12,16-18H,5,9-10H2,1-4H3. The first-order chi connectivity index (χ1) is 9.53. The van der Waals surface area contributed by atoms with Crippen LogP contribution < -0.4 is 14.8 Å². The van der Waals surface area contributed by atoms with Crippen molar-refractivity contribution >= 4 is 0 Å². The summed E-state index contributed by atoms with van der Waals surface area (Å²) < 4.78 is 10.5. The van der Waals surface area contributed by atoms with Gasteiger partial charge in [0.1, 0.15) is 0 Å². The Morgan fingerprint density at radius 1 is 1.15 bits per heavy atom. The zero-order valence-electron chi connectivity index (χ0n) is 12.6. The van der Waals surface area contributed by atoms with Gasteiger partial charge in [-0.1, -0.05) is 13.0 Å². The van der Waals surface area contributed by atoms with Gasteiger partial charge < -0.3 is 25.0 Å². The van der Waals surface area contributed by atoms with Crippen LogP contribution in [0.3, 0.4) is 0 Å². The SMILES string of the molecule is CCC(NC(C)(CO)CO)c1ccc(OC)c(OC)c1. The molecule has 1 atom stereocenters. The number of hydrogen-bond acceptors (Lipinski definition) is 5. The lowest BCUT2D eigenvalue weighted by Gasteiger charge is -2.32. The summed E-state index contributed by atoms with van der Waals surface area (Å²) in [5, 5.41) is 22.1. The van der Waals surface area contributed by atoms with Crippen LogP contribution in [0.2, 0.25) is 0 Å². The molecule has 0 aliphatic heterocycles. The Hall–Kier alpha value is -1.30. The van der Waals surface area contributed by atoms with Crippen molar-refractivity contribution < 1.29 is 19.7 Å². The van der Waals surface area contributed by atoms with E-state index in [2.05, 4.69) is 5.32 Å². The van der Waals surface area contributed by atoms with Crippen molar-refractivity contribution in [3.63, 3.8) is 0 Å². The number of nitrogens with one attached hydrogen (secondary N) is 1. The summed E-state index contributed by atoms with van der Waals surface area (Å²) >= 11 is 0. The molecule has 0 aliphatic rings. The van der Waals surface area contributed by atoms with Gasteiger partial charge in [-0.15, -0.1) is 0 Å².